The van der Waals surface area contributed by atoms with Crippen LogP contribution in [-0.4, -0.2) is 40.3 Å². The van der Waals surface area contributed by atoms with E-state index in [1.54, 1.807) is 29.9 Å². The monoisotopic (exact) mass is 469 g/mol. The molecule has 3 aromatic heterocycles. The van der Waals surface area contributed by atoms with Gasteiger partial charge in [-0.25, -0.2) is 17.5 Å². The van der Waals surface area contributed by atoms with Gasteiger partial charge in [-0.1, -0.05) is 6.92 Å². The van der Waals surface area contributed by atoms with Gasteiger partial charge in [0.15, 0.2) is 9.84 Å². The number of nitrogens with one attached hydrogen (secondary N) is 2. The van der Waals surface area contributed by atoms with Crippen molar-refractivity contribution in [3.05, 3.63) is 82.3 Å². The lowest BCUT2D eigenvalue weighted by atomic mass is 10.0. The molecular formula is C22H20FN5O4S. The molecule has 0 fully saturated rings. The van der Waals surface area contributed by atoms with Crippen LogP contribution >= 0.6 is 0 Å². The van der Waals surface area contributed by atoms with Gasteiger partial charge in [0.05, 0.1) is 35.2 Å². The zero-order valence-electron chi connectivity index (χ0n) is 17.7. The van der Waals surface area contributed by atoms with Crippen molar-refractivity contribution in [2.75, 3.05) is 6.26 Å². The number of aromatic nitrogens is 4. The molecule has 0 aliphatic carbocycles. The first-order valence-electron chi connectivity index (χ1n) is 10.00. The molecule has 0 saturated heterocycles. The Labute approximate surface area is 188 Å². The standard InChI is InChI=1S/C22H20FN5O4S/c1-3-18(13-8-20(29)27-21(9-13)33(2,31)32)26-22(30)17-10-24-12-19-16(17)11-25-28(19)15-6-4-14(23)5-7-15/h4-12,18H,3H2,1-2H3,(H,26,30)(H,27,29)/t18-/m0/s1. The summed E-state index contributed by atoms with van der Waals surface area (Å²) in [5.74, 6) is -0.836. The van der Waals surface area contributed by atoms with Crippen LogP contribution in [0.15, 0.2) is 64.8 Å². The lowest BCUT2D eigenvalue weighted by Crippen LogP contribution is -2.29. The number of hydrogen-bond donors (Lipinski definition) is 2. The third-order valence-corrected chi connectivity index (χ3v) is 6.19. The van der Waals surface area contributed by atoms with E-state index in [-0.39, 0.29) is 16.4 Å². The summed E-state index contributed by atoms with van der Waals surface area (Å²) in [7, 11) is -3.64. The van der Waals surface area contributed by atoms with Gasteiger partial charge in [0.1, 0.15) is 10.8 Å². The summed E-state index contributed by atoms with van der Waals surface area (Å²) in [6, 6.07) is 7.74. The summed E-state index contributed by atoms with van der Waals surface area (Å²) in [4.78, 5) is 31.5. The van der Waals surface area contributed by atoms with Crippen molar-refractivity contribution in [1.82, 2.24) is 25.1 Å². The molecule has 0 aliphatic heterocycles. The maximum atomic E-state index is 13.3. The van der Waals surface area contributed by atoms with Gasteiger partial charge in [-0.2, -0.15) is 5.10 Å². The average molecular weight is 469 g/mol. The Morgan fingerprint density at radius 1 is 1.18 bits per heavy atom. The van der Waals surface area contributed by atoms with Gasteiger partial charge in [-0.15, -0.1) is 0 Å². The lowest BCUT2D eigenvalue weighted by Gasteiger charge is -2.18. The van der Waals surface area contributed by atoms with Crippen LogP contribution < -0.4 is 10.9 Å². The number of pyridine rings is 2. The summed E-state index contributed by atoms with van der Waals surface area (Å²) in [6.45, 7) is 1.80. The molecule has 0 saturated carbocycles. The number of rotatable bonds is 6. The zero-order chi connectivity index (χ0) is 23.8. The van der Waals surface area contributed by atoms with Crippen molar-refractivity contribution in [3.8, 4) is 5.69 Å². The van der Waals surface area contributed by atoms with Gasteiger partial charge in [-0.3, -0.25) is 14.6 Å². The molecule has 4 aromatic rings. The quantitative estimate of drug-likeness (QED) is 0.447. The maximum absolute atomic E-state index is 13.3. The van der Waals surface area contributed by atoms with Crippen LogP contribution in [0.2, 0.25) is 0 Å². The topological polar surface area (TPSA) is 127 Å². The molecule has 0 spiro atoms. The van der Waals surface area contributed by atoms with Crippen molar-refractivity contribution < 1.29 is 17.6 Å². The summed E-state index contributed by atoms with van der Waals surface area (Å²) in [5, 5.41) is 7.46. The average Bonchev–Trinajstić information content (AvgIpc) is 3.21. The minimum Gasteiger partial charge on any atom is -0.345 e. The Morgan fingerprint density at radius 2 is 1.91 bits per heavy atom. The predicted molar refractivity (Wildman–Crippen MR) is 119 cm³/mol. The van der Waals surface area contributed by atoms with E-state index in [9.17, 15) is 22.4 Å². The summed E-state index contributed by atoms with van der Waals surface area (Å²) in [6.07, 6.45) is 5.88. The molecule has 4 rings (SSSR count). The fourth-order valence-corrected chi connectivity index (χ4v) is 4.14. The van der Waals surface area contributed by atoms with Gasteiger partial charge in [0.25, 0.3) is 5.91 Å². The second kappa shape index (κ2) is 8.58. The summed E-state index contributed by atoms with van der Waals surface area (Å²) >= 11 is 0. The van der Waals surface area contributed by atoms with Crippen LogP contribution in [-0.2, 0) is 9.84 Å². The van der Waals surface area contributed by atoms with Crippen LogP contribution in [0.3, 0.4) is 0 Å². The molecule has 1 atom stereocenters. The van der Waals surface area contributed by atoms with E-state index in [4.69, 9.17) is 0 Å². The third kappa shape index (κ3) is 4.53. The van der Waals surface area contributed by atoms with E-state index in [1.807, 2.05) is 0 Å². The van der Waals surface area contributed by atoms with E-state index in [1.165, 1.54) is 36.7 Å². The molecule has 11 heteroatoms. The molecule has 1 amide bonds. The molecule has 0 aliphatic rings. The SMILES string of the molecule is CC[C@H](NC(=O)c1cncc2c1cnn2-c1ccc(F)cc1)c1cc(S(C)(=O)=O)[nH]c(=O)c1. The minimum absolute atomic E-state index is 0.220. The maximum Gasteiger partial charge on any atom is 0.254 e. The highest BCUT2D eigenvalue weighted by Gasteiger charge is 2.20. The Kier molecular flexibility index (Phi) is 5.81. The minimum atomic E-state index is -3.64. The van der Waals surface area contributed by atoms with Crippen molar-refractivity contribution in [3.63, 3.8) is 0 Å². The van der Waals surface area contributed by atoms with E-state index < -0.39 is 27.3 Å². The van der Waals surface area contributed by atoms with Crippen molar-refractivity contribution >= 4 is 26.6 Å². The summed E-state index contributed by atoms with van der Waals surface area (Å²) < 4.78 is 38.6. The first-order chi connectivity index (χ1) is 15.7. The van der Waals surface area contributed by atoms with Crippen LogP contribution in [0.4, 0.5) is 4.39 Å². The van der Waals surface area contributed by atoms with Gasteiger partial charge < -0.3 is 10.3 Å². The number of nitrogens with zero attached hydrogens (tertiary/aromatic N) is 3. The summed E-state index contributed by atoms with van der Waals surface area (Å²) in [5.41, 5.74) is 1.21. The Bertz CT molecular complexity index is 1510. The number of halogens is 1. The van der Waals surface area contributed by atoms with Gasteiger partial charge in [-0.05, 0) is 42.3 Å². The van der Waals surface area contributed by atoms with Crippen molar-refractivity contribution in [2.45, 2.75) is 24.4 Å². The van der Waals surface area contributed by atoms with Gasteiger partial charge >= 0.3 is 0 Å². The van der Waals surface area contributed by atoms with Gasteiger partial charge in [0, 0.05) is 23.9 Å². The lowest BCUT2D eigenvalue weighted by molar-refractivity contribution is 0.0937. The number of benzene rings is 1. The largest absolute Gasteiger partial charge is 0.345 e. The highest BCUT2D eigenvalue weighted by atomic mass is 32.2. The Morgan fingerprint density at radius 3 is 2.58 bits per heavy atom. The van der Waals surface area contributed by atoms with Crippen molar-refractivity contribution in [1.29, 1.82) is 0 Å². The van der Waals surface area contributed by atoms with Crippen LogP contribution in [0.5, 0.6) is 0 Å². The number of carbonyl (C=O) groups is 1. The first-order valence-corrected chi connectivity index (χ1v) is 11.9. The molecule has 0 radical (unpaired) electrons. The van der Waals surface area contributed by atoms with E-state index in [0.717, 1.165) is 6.26 Å². The molecule has 33 heavy (non-hydrogen) atoms. The molecule has 0 unspecified atom stereocenters. The fourth-order valence-electron chi connectivity index (χ4n) is 3.51. The second-order valence-electron chi connectivity index (χ2n) is 7.50. The zero-order valence-corrected chi connectivity index (χ0v) is 18.6. The molecule has 3 heterocycles. The molecule has 2 N–H and O–H groups in total. The van der Waals surface area contributed by atoms with E-state index in [2.05, 4.69) is 20.4 Å². The number of fused-ring (bicyclic) bond motifs is 1. The Hall–Kier alpha value is -3.86. The number of aromatic amines is 1. The number of H-pyrrole nitrogens is 1. The van der Waals surface area contributed by atoms with Crippen molar-refractivity contribution in [2.24, 2.45) is 0 Å². The molecule has 1 aromatic carbocycles. The Balaban J connectivity index is 1.68. The van der Waals surface area contributed by atoms with Gasteiger partial charge in [0.2, 0.25) is 5.56 Å². The third-order valence-electron chi connectivity index (χ3n) is 5.17. The highest BCUT2D eigenvalue weighted by molar-refractivity contribution is 7.90. The number of hydrogen-bond acceptors (Lipinski definition) is 6. The van der Waals surface area contributed by atoms with Crippen LogP contribution in [0, 0.1) is 5.82 Å². The number of carbonyl (C=O) groups excluding carboxylic acids is 1. The number of sulfone groups is 1. The molecule has 9 nitrogen and oxygen atoms in total. The first kappa shape index (κ1) is 22.3. The smallest absolute Gasteiger partial charge is 0.254 e. The predicted octanol–water partition coefficient (Wildman–Crippen LogP) is 2.53. The second-order valence-corrected chi connectivity index (χ2v) is 9.49. The molecular weight excluding hydrogens is 449 g/mol. The van der Waals surface area contributed by atoms with E-state index in [0.29, 0.717) is 28.6 Å². The van der Waals surface area contributed by atoms with E-state index >= 15 is 0 Å². The number of amides is 1. The molecule has 0 bridgehead atoms. The molecule has 170 valence electrons. The van der Waals surface area contributed by atoms with Crippen LogP contribution in [0.25, 0.3) is 16.6 Å². The highest BCUT2D eigenvalue weighted by Crippen LogP contribution is 2.23. The van der Waals surface area contributed by atoms with Crippen LogP contribution in [0.1, 0.15) is 35.3 Å². The normalized spacial score (nSPS) is 12.6. The fraction of sp³-hybridized carbons (Fsp3) is 0.182.